The lowest BCUT2D eigenvalue weighted by Crippen LogP contribution is -2.35. The van der Waals surface area contributed by atoms with Crippen molar-refractivity contribution in [2.45, 2.75) is 32.4 Å². The molecule has 0 saturated carbocycles. The number of rotatable bonds is 6. The van der Waals surface area contributed by atoms with Crippen LogP contribution in [0, 0.1) is 6.92 Å². The molecule has 0 radical (unpaired) electrons. The van der Waals surface area contributed by atoms with Crippen LogP contribution < -0.4 is 11.1 Å². The van der Waals surface area contributed by atoms with E-state index in [4.69, 9.17) is 5.73 Å². The molecule has 3 heteroatoms. The minimum Gasteiger partial charge on any atom is -0.368 e. The first-order valence-corrected chi connectivity index (χ1v) is 7.28. The summed E-state index contributed by atoms with van der Waals surface area (Å²) >= 11 is 0. The summed E-state index contributed by atoms with van der Waals surface area (Å²) in [4.78, 5) is 11.8. The fraction of sp³-hybridized carbons (Fsp3) is 0.278. The zero-order chi connectivity index (χ0) is 15.2. The fourth-order valence-corrected chi connectivity index (χ4v) is 2.44. The maximum atomic E-state index is 11.8. The van der Waals surface area contributed by atoms with Crippen molar-refractivity contribution in [1.82, 2.24) is 5.32 Å². The van der Waals surface area contributed by atoms with Crippen LogP contribution in [0.15, 0.2) is 54.6 Å². The molecule has 0 fully saturated rings. The molecule has 2 atom stereocenters. The van der Waals surface area contributed by atoms with Crippen molar-refractivity contribution in [1.29, 1.82) is 0 Å². The minimum absolute atomic E-state index is 0.100. The number of nitrogens with one attached hydrogen (secondary N) is 1. The lowest BCUT2D eigenvalue weighted by Gasteiger charge is -2.24. The van der Waals surface area contributed by atoms with Gasteiger partial charge in [0.25, 0.3) is 0 Å². The Hall–Kier alpha value is -2.13. The molecule has 21 heavy (non-hydrogen) atoms. The Kier molecular flexibility index (Phi) is 5.12. The van der Waals surface area contributed by atoms with Crippen LogP contribution in [-0.2, 0) is 4.79 Å². The maximum absolute atomic E-state index is 11.8. The number of carbonyl (C=O) groups excluding carboxylic acids is 1. The summed E-state index contributed by atoms with van der Waals surface area (Å²) in [5.74, 6) is -0.355. The zero-order valence-corrected chi connectivity index (χ0v) is 12.5. The smallest absolute Gasteiger partial charge is 0.239 e. The molecule has 1 amide bonds. The predicted molar refractivity (Wildman–Crippen MR) is 85.7 cm³/mol. The molecule has 0 aliphatic rings. The first-order chi connectivity index (χ1) is 10.1. The minimum atomic E-state index is -0.475. The van der Waals surface area contributed by atoms with E-state index in [9.17, 15) is 4.79 Å². The molecular weight excluding hydrogens is 260 g/mol. The molecule has 2 aromatic carbocycles. The van der Waals surface area contributed by atoms with Crippen LogP contribution in [-0.4, -0.2) is 5.91 Å². The highest BCUT2D eigenvalue weighted by atomic mass is 16.1. The summed E-state index contributed by atoms with van der Waals surface area (Å²) in [5.41, 5.74) is 8.87. The van der Waals surface area contributed by atoms with E-state index in [1.165, 1.54) is 11.1 Å². The molecule has 0 bridgehead atoms. The highest BCUT2D eigenvalue weighted by Gasteiger charge is 2.21. The number of hydrogen-bond acceptors (Lipinski definition) is 2. The van der Waals surface area contributed by atoms with Gasteiger partial charge in [0.15, 0.2) is 0 Å². The standard InChI is InChI=1S/C18H22N2O/c1-3-16(14-11-9-13(2)10-12-14)20-17(18(19)21)15-7-5-4-6-8-15/h4-12,16-17,20H,3H2,1-2H3,(H2,19,21)/t16-,17+/m1/s1. The van der Waals surface area contributed by atoms with Crippen LogP contribution in [0.5, 0.6) is 0 Å². The predicted octanol–water partition coefficient (Wildman–Crippen LogP) is 3.26. The van der Waals surface area contributed by atoms with Crippen LogP contribution in [0.25, 0.3) is 0 Å². The number of benzene rings is 2. The van der Waals surface area contributed by atoms with Gasteiger partial charge in [-0.05, 0) is 24.5 Å². The Morgan fingerprint density at radius 1 is 1.05 bits per heavy atom. The Bertz CT molecular complexity index is 578. The average Bonchev–Trinajstić information content (AvgIpc) is 2.50. The van der Waals surface area contributed by atoms with E-state index in [0.717, 1.165) is 12.0 Å². The highest BCUT2D eigenvalue weighted by Crippen LogP contribution is 2.22. The first kappa shape index (κ1) is 15.3. The van der Waals surface area contributed by atoms with Crippen LogP contribution in [0.1, 0.15) is 42.1 Å². The third-order valence-corrected chi connectivity index (χ3v) is 3.67. The topological polar surface area (TPSA) is 55.1 Å². The first-order valence-electron chi connectivity index (χ1n) is 7.28. The summed E-state index contributed by atoms with van der Waals surface area (Å²) in [5, 5.41) is 3.38. The van der Waals surface area contributed by atoms with Gasteiger partial charge in [-0.25, -0.2) is 0 Å². The highest BCUT2D eigenvalue weighted by molar-refractivity contribution is 5.81. The Labute approximate surface area is 126 Å². The molecule has 3 nitrogen and oxygen atoms in total. The third-order valence-electron chi connectivity index (χ3n) is 3.67. The molecule has 0 saturated heterocycles. The van der Waals surface area contributed by atoms with E-state index in [1.54, 1.807) is 0 Å². The lowest BCUT2D eigenvalue weighted by atomic mass is 9.99. The Morgan fingerprint density at radius 2 is 1.67 bits per heavy atom. The molecule has 0 spiro atoms. The third kappa shape index (κ3) is 3.92. The molecule has 2 aromatic rings. The van der Waals surface area contributed by atoms with Crippen molar-refractivity contribution in [2.75, 3.05) is 0 Å². The fourth-order valence-electron chi connectivity index (χ4n) is 2.44. The summed E-state index contributed by atoms with van der Waals surface area (Å²) in [6.45, 7) is 4.16. The van der Waals surface area contributed by atoms with E-state index >= 15 is 0 Å². The Morgan fingerprint density at radius 3 is 2.19 bits per heavy atom. The van der Waals surface area contributed by atoms with E-state index in [-0.39, 0.29) is 11.9 Å². The van der Waals surface area contributed by atoms with Gasteiger partial charge in [0.1, 0.15) is 6.04 Å². The normalized spacial score (nSPS) is 13.6. The molecule has 110 valence electrons. The molecule has 0 unspecified atom stereocenters. The van der Waals surface area contributed by atoms with Crippen molar-refractivity contribution in [2.24, 2.45) is 5.73 Å². The number of carbonyl (C=O) groups is 1. The van der Waals surface area contributed by atoms with Crippen molar-refractivity contribution < 1.29 is 4.79 Å². The molecule has 2 rings (SSSR count). The molecule has 0 aliphatic heterocycles. The van der Waals surface area contributed by atoms with Gasteiger partial charge in [-0.3, -0.25) is 10.1 Å². The van der Waals surface area contributed by atoms with Crippen LogP contribution >= 0.6 is 0 Å². The van der Waals surface area contributed by atoms with Crippen LogP contribution in [0.4, 0.5) is 0 Å². The summed E-state index contributed by atoms with van der Waals surface area (Å²) in [6, 6.07) is 17.6. The van der Waals surface area contributed by atoms with Gasteiger partial charge in [-0.1, -0.05) is 67.1 Å². The average molecular weight is 282 g/mol. The van der Waals surface area contributed by atoms with Crippen molar-refractivity contribution in [3.8, 4) is 0 Å². The Balaban J connectivity index is 2.22. The molecule has 0 aromatic heterocycles. The van der Waals surface area contributed by atoms with Gasteiger partial charge >= 0.3 is 0 Å². The molecule has 0 heterocycles. The molecular formula is C18H22N2O. The van der Waals surface area contributed by atoms with Crippen molar-refractivity contribution in [3.05, 3.63) is 71.3 Å². The summed E-state index contributed by atoms with van der Waals surface area (Å²) in [6.07, 6.45) is 0.889. The second-order valence-electron chi connectivity index (χ2n) is 5.28. The SMILES string of the molecule is CC[C@@H](N[C@H](C(N)=O)c1ccccc1)c1ccc(C)cc1. The van der Waals surface area contributed by atoms with E-state index in [1.807, 2.05) is 30.3 Å². The van der Waals surface area contributed by atoms with E-state index < -0.39 is 6.04 Å². The van der Waals surface area contributed by atoms with Crippen LogP contribution in [0.2, 0.25) is 0 Å². The van der Waals surface area contributed by atoms with E-state index in [2.05, 4.69) is 43.4 Å². The van der Waals surface area contributed by atoms with Gasteiger partial charge in [-0.2, -0.15) is 0 Å². The monoisotopic (exact) mass is 282 g/mol. The molecule has 0 aliphatic carbocycles. The van der Waals surface area contributed by atoms with Gasteiger partial charge < -0.3 is 5.73 Å². The number of amides is 1. The summed E-state index contributed by atoms with van der Waals surface area (Å²) < 4.78 is 0. The van der Waals surface area contributed by atoms with Crippen molar-refractivity contribution in [3.63, 3.8) is 0 Å². The lowest BCUT2D eigenvalue weighted by molar-refractivity contribution is -0.120. The number of aryl methyl sites for hydroxylation is 1. The van der Waals surface area contributed by atoms with Crippen LogP contribution in [0.3, 0.4) is 0 Å². The quantitative estimate of drug-likeness (QED) is 0.854. The van der Waals surface area contributed by atoms with Crippen molar-refractivity contribution >= 4 is 5.91 Å². The summed E-state index contributed by atoms with van der Waals surface area (Å²) in [7, 11) is 0. The van der Waals surface area contributed by atoms with Gasteiger partial charge in [0.05, 0.1) is 0 Å². The number of primary amides is 1. The van der Waals surface area contributed by atoms with Gasteiger partial charge in [0.2, 0.25) is 5.91 Å². The van der Waals surface area contributed by atoms with Gasteiger partial charge in [-0.15, -0.1) is 0 Å². The molecule has 3 N–H and O–H groups in total. The van der Waals surface area contributed by atoms with Gasteiger partial charge in [0, 0.05) is 6.04 Å². The second-order valence-corrected chi connectivity index (χ2v) is 5.28. The van der Waals surface area contributed by atoms with E-state index in [0.29, 0.717) is 0 Å². The largest absolute Gasteiger partial charge is 0.368 e. The second kappa shape index (κ2) is 7.04. The zero-order valence-electron chi connectivity index (χ0n) is 12.5. The number of nitrogens with two attached hydrogens (primary N) is 1. The maximum Gasteiger partial charge on any atom is 0.239 e. The number of hydrogen-bond donors (Lipinski definition) is 2.